The number of benzene rings is 2. The number of nitrogens with zero attached hydrogens (tertiary/aromatic N) is 2. The molecule has 0 atom stereocenters. The van der Waals surface area contributed by atoms with Crippen molar-refractivity contribution < 1.29 is 35.8 Å². The van der Waals surface area contributed by atoms with E-state index in [0.29, 0.717) is 24.6 Å². The zero-order chi connectivity index (χ0) is 26.3. The van der Waals surface area contributed by atoms with Crippen molar-refractivity contribution in [2.24, 2.45) is 0 Å². The Labute approximate surface area is 212 Å². The van der Waals surface area contributed by atoms with Gasteiger partial charge in [0.05, 0.1) is 37.6 Å². The molecule has 1 aliphatic heterocycles. The predicted octanol–water partition coefficient (Wildman–Crippen LogP) is 1.45. The summed E-state index contributed by atoms with van der Waals surface area (Å²) in [5.74, 6) is 0.588. The van der Waals surface area contributed by atoms with Crippen LogP contribution in [0.1, 0.15) is 12.8 Å². The van der Waals surface area contributed by atoms with Gasteiger partial charge in [-0.05, 0) is 49.2 Å². The average molecular weight is 542 g/mol. The Morgan fingerprint density at radius 3 is 2.19 bits per heavy atom. The summed E-state index contributed by atoms with van der Waals surface area (Å²) >= 11 is 0. The van der Waals surface area contributed by atoms with Gasteiger partial charge < -0.3 is 19.5 Å². The summed E-state index contributed by atoms with van der Waals surface area (Å²) in [6, 6.07) is 10.8. The molecule has 36 heavy (non-hydrogen) atoms. The molecular formula is C23H31N3O8S2. The second-order valence-corrected chi connectivity index (χ2v) is 11.9. The first-order valence-corrected chi connectivity index (χ1v) is 14.5. The van der Waals surface area contributed by atoms with Crippen LogP contribution >= 0.6 is 0 Å². The van der Waals surface area contributed by atoms with Crippen LogP contribution in [0.3, 0.4) is 0 Å². The van der Waals surface area contributed by atoms with E-state index in [1.807, 2.05) is 0 Å². The Hall–Kier alpha value is -3.03. The Morgan fingerprint density at radius 2 is 1.61 bits per heavy atom. The van der Waals surface area contributed by atoms with Crippen LogP contribution < -0.4 is 23.8 Å². The zero-order valence-corrected chi connectivity index (χ0v) is 22.1. The van der Waals surface area contributed by atoms with Gasteiger partial charge in [-0.2, -0.15) is 4.31 Å². The summed E-state index contributed by atoms with van der Waals surface area (Å²) in [5, 5.41) is 2.62. The number of carbonyl (C=O) groups is 1. The van der Waals surface area contributed by atoms with Crippen molar-refractivity contribution in [2.45, 2.75) is 17.7 Å². The summed E-state index contributed by atoms with van der Waals surface area (Å²) in [6.07, 6.45) is 2.72. The second kappa shape index (κ2) is 11.8. The number of ether oxygens (including phenoxy) is 3. The highest BCUT2D eigenvalue weighted by Crippen LogP contribution is 2.33. The smallest absolute Gasteiger partial charge is 0.243 e. The molecule has 0 saturated carbocycles. The number of amides is 1. The quantitative estimate of drug-likeness (QED) is 0.400. The van der Waals surface area contributed by atoms with Gasteiger partial charge in [-0.15, -0.1) is 0 Å². The lowest BCUT2D eigenvalue weighted by molar-refractivity contribution is -0.119. The molecule has 0 spiro atoms. The van der Waals surface area contributed by atoms with Crippen LogP contribution in [0.25, 0.3) is 0 Å². The first-order chi connectivity index (χ1) is 17.1. The van der Waals surface area contributed by atoms with Crippen LogP contribution in [0.5, 0.6) is 17.2 Å². The van der Waals surface area contributed by atoms with Gasteiger partial charge in [-0.1, -0.05) is 0 Å². The number of hydrogen-bond donors (Lipinski definition) is 1. The third-order valence-corrected chi connectivity index (χ3v) is 8.60. The molecule has 3 rings (SSSR count). The van der Waals surface area contributed by atoms with Crippen LogP contribution in [-0.2, 0) is 24.8 Å². The maximum absolute atomic E-state index is 12.6. The number of sulfonamides is 2. The van der Waals surface area contributed by atoms with Crippen LogP contribution in [-0.4, -0.2) is 80.3 Å². The third kappa shape index (κ3) is 6.80. The molecule has 1 aliphatic rings. The van der Waals surface area contributed by atoms with Crippen LogP contribution in [0.4, 0.5) is 5.69 Å². The molecule has 1 amide bonds. The fourth-order valence-corrected chi connectivity index (χ4v) is 6.07. The van der Waals surface area contributed by atoms with Crippen molar-refractivity contribution in [1.29, 1.82) is 0 Å². The van der Waals surface area contributed by atoms with E-state index in [1.165, 1.54) is 36.7 Å². The topological polar surface area (TPSA) is 132 Å². The predicted molar refractivity (Wildman–Crippen MR) is 135 cm³/mol. The molecule has 0 aliphatic carbocycles. The first kappa shape index (κ1) is 27.6. The van der Waals surface area contributed by atoms with Gasteiger partial charge in [-0.3, -0.25) is 9.10 Å². The molecule has 2 aromatic rings. The van der Waals surface area contributed by atoms with Gasteiger partial charge in [0.2, 0.25) is 26.0 Å². The Bertz CT molecular complexity index is 1260. The van der Waals surface area contributed by atoms with E-state index in [4.69, 9.17) is 14.2 Å². The largest absolute Gasteiger partial charge is 0.497 e. The van der Waals surface area contributed by atoms with E-state index < -0.39 is 32.5 Å². The minimum Gasteiger partial charge on any atom is -0.497 e. The Morgan fingerprint density at radius 1 is 0.972 bits per heavy atom. The van der Waals surface area contributed by atoms with E-state index >= 15 is 0 Å². The molecule has 1 saturated heterocycles. The Kier molecular flexibility index (Phi) is 9.03. The molecule has 0 bridgehead atoms. The summed E-state index contributed by atoms with van der Waals surface area (Å²) in [7, 11) is -4.46. The van der Waals surface area contributed by atoms with Crippen molar-refractivity contribution >= 4 is 31.6 Å². The van der Waals surface area contributed by atoms with Gasteiger partial charge in [0.1, 0.15) is 30.4 Å². The van der Waals surface area contributed by atoms with Crippen molar-refractivity contribution in [1.82, 2.24) is 9.62 Å². The lowest BCUT2D eigenvalue weighted by Gasteiger charge is -2.24. The summed E-state index contributed by atoms with van der Waals surface area (Å²) < 4.78 is 68.4. The number of methoxy groups -OCH3 is 2. The lowest BCUT2D eigenvalue weighted by atomic mass is 10.2. The SMILES string of the molecule is COc1ccc(OC)c(N(CC(=O)NCCOc2ccc(S(=O)(=O)N3CCCC3)cc2)S(C)(=O)=O)c1. The lowest BCUT2D eigenvalue weighted by Crippen LogP contribution is -2.41. The number of hydrogen-bond acceptors (Lipinski definition) is 8. The van der Waals surface area contributed by atoms with E-state index in [1.54, 1.807) is 24.3 Å². The van der Waals surface area contributed by atoms with Gasteiger partial charge in [-0.25, -0.2) is 16.8 Å². The normalized spacial score (nSPS) is 14.3. The highest BCUT2D eigenvalue weighted by Gasteiger charge is 2.27. The van der Waals surface area contributed by atoms with Crippen LogP contribution in [0.2, 0.25) is 0 Å². The molecule has 198 valence electrons. The molecule has 2 aromatic carbocycles. The molecule has 0 aromatic heterocycles. The molecule has 1 heterocycles. The van der Waals surface area contributed by atoms with Crippen LogP contribution in [0, 0.1) is 0 Å². The maximum atomic E-state index is 12.6. The van der Waals surface area contributed by atoms with Crippen molar-refractivity contribution in [3.8, 4) is 17.2 Å². The van der Waals surface area contributed by atoms with Crippen LogP contribution in [0.15, 0.2) is 47.4 Å². The number of anilines is 1. The number of carbonyl (C=O) groups excluding carboxylic acids is 1. The molecule has 1 N–H and O–H groups in total. The monoisotopic (exact) mass is 541 g/mol. The van der Waals surface area contributed by atoms with E-state index in [-0.39, 0.29) is 29.5 Å². The molecule has 11 nitrogen and oxygen atoms in total. The first-order valence-electron chi connectivity index (χ1n) is 11.3. The highest BCUT2D eigenvalue weighted by molar-refractivity contribution is 7.92. The Balaban J connectivity index is 1.55. The van der Waals surface area contributed by atoms with Gasteiger partial charge >= 0.3 is 0 Å². The molecule has 0 unspecified atom stereocenters. The van der Waals surface area contributed by atoms with Crippen molar-refractivity contribution in [2.75, 3.05) is 57.6 Å². The summed E-state index contributed by atoms with van der Waals surface area (Å²) in [4.78, 5) is 12.7. The summed E-state index contributed by atoms with van der Waals surface area (Å²) in [6.45, 7) is 0.805. The molecular weight excluding hydrogens is 510 g/mol. The number of nitrogens with one attached hydrogen (secondary N) is 1. The fourth-order valence-electron chi connectivity index (χ4n) is 3.70. The third-order valence-electron chi connectivity index (χ3n) is 5.56. The minimum absolute atomic E-state index is 0.102. The standard InChI is InChI=1S/C23H31N3O8S2/c1-32-19-8-11-22(33-2)21(16-19)26(35(3,28)29)17-23(27)24-12-15-34-18-6-9-20(10-7-18)36(30,31)25-13-4-5-14-25/h6-11,16H,4-5,12-15,17H2,1-3H3,(H,24,27). The molecule has 0 radical (unpaired) electrons. The van der Waals surface area contributed by atoms with Crippen molar-refractivity contribution in [3.05, 3.63) is 42.5 Å². The van der Waals surface area contributed by atoms with Gasteiger partial charge in [0.25, 0.3) is 0 Å². The summed E-state index contributed by atoms with van der Waals surface area (Å²) in [5.41, 5.74) is 0.176. The van der Waals surface area contributed by atoms with Gasteiger partial charge in [0, 0.05) is 19.2 Å². The van der Waals surface area contributed by atoms with E-state index in [9.17, 15) is 21.6 Å². The second-order valence-electron chi connectivity index (χ2n) is 8.09. The molecule has 13 heteroatoms. The average Bonchev–Trinajstić information content (AvgIpc) is 3.40. The van der Waals surface area contributed by atoms with E-state index in [0.717, 1.165) is 23.4 Å². The van der Waals surface area contributed by atoms with Gasteiger partial charge in [0.15, 0.2) is 0 Å². The van der Waals surface area contributed by atoms with Crippen molar-refractivity contribution in [3.63, 3.8) is 0 Å². The number of rotatable bonds is 12. The van der Waals surface area contributed by atoms with E-state index in [2.05, 4.69) is 5.32 Å². The molecule has 1 fully saturated rings. The minimum atomic E-state index is -3.81. The maximum Gasteiger partial charge on any atom is 0.243 e. The fraction of sp³-hybridized carbons (Fsp3) is 0.435. The highest BCUT2D eigenvalue weighted by atomic mass is 32.2. The zero-order valence-electron chi connectivity index (χ0n) is 20.5.